The summed E-state index contributed by atoms with van der Waals surface area (Å²) in [5.74, 6) is 0. The van der Waals surface area contributed by atoms with E-state index < -0.39 is 11.9 Å². The highest BCUT2D eigenvalue weighted by molar-refractivity contribution is 7.11. The third-order valence-electron chi connectivity index (χ3n) is 1.51. The van der Waals surface area contributed by atoms with Gasteiger partial charge in [-0.2, -0.15) is 13.2 Å². The van der Waals surface area contributed by atoms with Crippen molar-refractivity contribution in [2.45, 2.75) is 26.1 Å². The van der Waals surface area contributed by atoms with Gasteiger partial charge < -0.3 is 5.73 Å². The molecule has 0 amide bonds. The maximum atomic E-state index is 12.3. The zero-order valence-electron chi connectivity index (χ0n) is 6.98. The van der Waals surface area contributed by atoms with Crippen molar-refractivity contribution >= 4 is 11.3 Å². The van der Waals surface area contributed by atoms with E-state index in [0.29, 0.717) is 11.4 Å². The number of thiazole rings is 1. The van der Waals surface area contributed by atoms with E-state index >= 15 is 0 Å². The quantitative estimate of drug-likeness (QED) is 0.812. The molecule has 0 saturated heterocycles. The number of nitrogens with two attached hydrogens (primary N) is 1. The molecule has 1 aromatic heterocycles. The number of nitrogens with zero attached hydrogens (tertiary/aromatic N) is 1. The van der Waals surface area contributed by atoms with E-state index in [1.807, 2.05) is 0 Å². The summed E-state index contributed by atoms with van der Waals surface area (Å²) in [7, 11) is 0. The SMILES string of the molecule is CCc1sc(CN)nc1C(F)(F)F. The van der Waals surface area contributed by atoms with E-state index in [-0.39, 0.29) is 11.4 Å². The van der Waals surface area contributed by atoms with E-state index in [2.05, 4.69) is 4.98 Å². The second kappa shape index (κ2) is 3.63. The fraction of sp³-hybridized carbons (Fsp3) is 0.571. The van der Waals surface area contributed by atoms with Crippen LogP contribution in [0.3, 0.4) is 0 Å². The third-order valence-corrected chi connectivity index (χ3v) is 2.73. The van der Waals surface area contributed by atoms with Crippen LogP contribution in [0.4, 0.5) is 13.2 Å². The van der Waals surface area contributed by atoms with Crippen molar-refractivity contribution in [3.05, 3.63) is 15.6 Å². The van der Waals surface area contributed by atoms with Gasteiger partial charge in [-0.25, -0.2) is 4.98 Å². The molecule has 0 bridgehead atoms. The minimum Gasteiger partial charge on any atom is -0.325 e. The van der Waals surface area contributed by atoms with Crippen molar-refractivity contribution < 1.29 is 13.2 Å². The van der Waals surface area contributed by atoms with Gasteiger partial charge in [-0.1, -0.05) is 6.92 Å². The number of hydrogen-bond donors (Lipinski definition) is 1. The molecule has 0 unspecified atom stereocenters. The van der Waals surface area contributed by atoms with Crippen molar-refractivity contribution in [1.82, 2.24) is 4.98 Å². The van der Waals surface area contributed by atoms with Crippen molar-refractivity contribution in [2.24, 2.45) is 5.73 Å². The Morgan fingerprint density at radius 1 is 1.46 bits per heavy atom. The molecule has 13 heavy (non-hydrogen) atoms. The molecule has 0 saturated carbocycles. The topological polar surface area (TPSA) is 38.9 Å². The monoisotopic (exact) mass is 210 g/mol. The molecule has 0 spiro atoms. The molecule has 0 aliphatic rings. The largest absolute Gasteiger partial charge is 0.434 e. The molecule has 0 aliphatic heterocycles. The van der Waals surface area contributed by atoms with Gasteiger partial charge in [0.2, 0.25) is 0 Å². The van der Waals surface area contributed by atoms with Crippen LogP contribution in [0.1, 0.15) is 22.5 Å². The first-order chi connectivity index (χ1) is 5.99. The first-order valence-electron chi connectivity index (χ1n) is 3.74. The van der Waals surface area contributed by atoms with Crippen LogP contribution in [-0.4, -0.2) is 4.98 Å². The number of aryl methyl sites for hydroxylation is 1. The third kappa shape index (κ3) is 2.19. The van der Waals surface area contributed by atoms with Crippen LogP contribution in [0.2, 0.25) is 0 Å². The van der Waals surface area contributed by atoms with Crippen LogP contribution in [-0.2, 0) is 19.1 Å². The van der Waals surface area contributed by atoms with E-state index in [9.17, 15) is 13.2 Å². The number of halogens is 3. The van der Waals surface area contributed by atoms with Crippen molar-refractivity contribution in [3.63, 3.8) is 0 Å². The molecule has 0 radical (unpaired) electrons. The zero-order chi connectivity index (χ0) is 10.1. The highest BCUT2D eigenvalue weighted by Gasteiger charge is 2.36. The number of alkyl halides is 3. The normalized spacial score (nSPS) is 12.1. The van der Waals surface area contributed by atoms with E-state index in [1.165, 1.54) is 0 Å². The number of hydrogen-bond acceptors (Lipinski definition) is 3. The smallest absolute Gasteiger partial charge is 0.325 e. The number of aromatic nitrogens is 1. The lowest BCUT2D eigenvalue weighted by Gasteiger charge is -2.03. The Morgan fingerprint density at radius 2 is 2.08 bits per heavy atom. The highest BCUT2D eigenvalue weighted by atomic mass is 32.1. The Kier molecular flexibility index (Phi) is 2.92. The van der Waals surface area contributed by atoms with Gasteiger partial charge in [0.05, 0.1) is 0 Å². The average molecular weight is 210 g/mol. The summed E-state index contributed by atoms with van der Waals surface area (Å²) in [5.41, 5.74) is 4.43. The first kappa shape index (κ1) is 10.5. The van der Waals surface area contributed by atoms with Gasteiger partial charge in [-0.3, -0.25) is 0 Å². The number of rotatable bonds is 2. The zero-order valence-corrected chi connectivity index (χ0v) is 7.80. The molecular formula is C7H9F3N2S. The van der Waals surface area contributed by atoms with Crippen LogP contribution in [0.25, 0.3) is 0 Å². The predicted octanol–water partition coefficient (Wildman–Crippen LogP) is 2.18. The fourth-order valence-electron chi connectivity index (χ4n) is 0.949. The van der Waals surface area contributed by atoms with Gasteiger partial charge in [0.25, 0.3) is 0 Å². The van der Waals surface area contributed by atoms with Gasteiger partial charge in [0.1, 0.15) is 5.01 Å². The molecule has 0 aliphatic carbocycles. The maximum Gasteiger partial charge on any atom is 0.434 e. The minimum atomic E-state index is -4.35. The Hall–Kier alpha value is -0.620. The molecule has 1 aromatic rings. The predicted molar refractivity (Wildman–Crippen MR) is 44.4 cm³/mol. The Balaban J connectivity index is 3.11. The Labute approximate surface area is 77.6 Å². The van der Waals surface area contributed by atoms with Gasteiger partial charge in [-0.15, -0.1) is 11.3 Å². The van der Waals surface area contributed by atoms with Gasteiger partial charge in [-0.05, 0) is 6.42 Å². The van der Waals surface area contributed by atoms with Gasteiger partial charge in [0, 0.05) is 11.4 Å². The minimum absolute atomic E-state index is 0.0632. The summed E-state index contributed by atoms with van der Waals surface area (Å²) in [5, 5.41) is 0.337. The van der Waals surface area contributed by atoms with Crippen molar-refractivity contribution in [1.29, 1.82) is 0 Å². The van der Waals surface area contributed by atoms with E-state index in [4.69, 9.17) is 5.73 Å². The molecule has 0 fully saturated rings. The van der Waals surface area contributed by atoms with Crippen LogP contribution < -0.4 is 5.73 Å². The summed E-state index contributed by atoms with van der Waals surface area (Å²) < 4.78 is 36.9. The fourth-order valence-corrected chi connectivity index (χ4v) is 1.86. The Bertz CT molecular complexity index is 292. The van der Waals surface area contributed by atoms with E-state index in [0.717, 1.165) is 11.3 Å². The molecular weight excluding hydrogens is 201 g/mol. The van der Waals surface area contributed by atoms with Crippen molar-refractivity contribution in [2.75, 3.05) is 0 Å². The second-order valence-corrected chi connectivity index (χ2v) is 3.60. The van der Waals surface area contributed by atoms with Crippen molar-refractivity contribution in [3.8, 4) is 0 Å². The molecule has 6 heteroatoms. The lowest BCUT2D eigenvalue weighted by atomic mass is 10.3. The van der Waals surface area contributed by atoms with E-state index in [1.54, 1.807) is 6.92 Å². The van der Waals surface area contributed by atoms with Gasteiger partial charge in [0.15, 0.2) is 5.69 Å². The molecule has 1 rings (SSSR count). The standard InChI is InChI=1S/C7H9F3N2S/c1-2-4-6(7(8,9)10)12-5(3-11)13-4/h2-3,11H2,1H3. The molecule has 0 atom stereocenters. The van der Waals surface area contributed by atoms with Crippen LogP contribution >= 0.6 is 11.3 Å². The molecule has 0 aromatic carbocycles. The lowest BCUT2D eigenvalue weighted by Crippen LogP contribution is -2.08. The molecule has 1 heterocycles. The summed E-state index contributed by atoms with van der Waals surface area (Å²) in [4.78, 5) is 3.70. The summed E-state index contributed by atoms with van der Waals surface area (Å²) in [6, 6.07) is 0. The second-order valence-electron chi connectivity index (χ2n) is 2.43. The molecule has 2 N–H and O–H groups in total. The Morgan fingerprint density at radius 3 is 2.38 bits per heavy atom. The van der Waals surface area contributed by atoms with Gasteiger partial charge >= 0.3 is 6.18 Å². The first-order valence-corrected chi connectivity index (χ1v) is 4.56. The average Bonchev–Trinajstić information content (AvgIpc) is 2.46. The maximum absolute atomic E-state index is 12.3. The lowest BCUT2D eigenvalue weighted by molar-refractivity contribution is -0.141. The van der Waals surface area contributed by atoms with Crippen LogP contribution in [0.5, 0.6) is 0 Å². The van der Waals surface area contributed by atoms with Crippen LogP contribution in [0, 0.1) is 0 Å². The molecule has 2 nitrogen and oxygen atoms in total. The van der Waals surface area contributed by atoms with Crippen LogP contribution in [0.15, 0.2) is 0 Å². The summed E-state index contributed by atoms with van der Waals surface area (Å²) in [6.07, 6.45) is -4.01. The summed E-state index contributed by atoms with van der Waals surface area (Å²) >= 11 is 1.03. The highest BCUT2D eigenvalue weighted by Crippen LogP contribution is 2.34. The summed E-state index contributed by atoms with van der Waals surface area (Å²) in [6.45, 7) is 1.73. The molecule has 74 valence electrons.